The molecule has 7 nitrogen and oxygen atoms in total. The summed E-state index contributed by atoms with van der Waals surface area (Å²) in [6.07, 6.45) is 3.84. The Morgan fingerprint density at radius 3 is 2.83 bits per heavy atom. The minimum absolute atomic E-state index is 0.0608. The largest absolute Gasteiger partial charge is 0.455 e. The van der Waals surface area contributed by atoms with Crippen molar-refractivity contribution in [1.82, 2.24) is 14.4 Å². The second-order valence-corrected chi connectivity index (χ2v) is 7.84. The van der Waals surface area contributed by atoms with Gasteiger partial charge in [-0.3, -0.25) is 9.20 Å². The van der Waals surface area contributed by atoms with Crippen LogP contribution in [0, 0.1) is 0 Å². The fourth-order valence-corrected chi connectivity index (χ4v) is 4.34. The number of carbonyl (C=O) groups excluding carboxylic acids is 1. The predicted octanol–water partition coefficient (Wildman–Crippen LogP) is 3.26. The van der Waals surface area contributed by atoms with Crippen molar-refractivity contribution in [1.29, 1.82) is 0 Å². The van der Waals surface area contributed by atoms with E-state index in [-0.39, 0.29) is 12.2 Å². The molecule has 0 bridgehead atoms. The Bertz CT molecular complexity index is 1270. The number of pyridine rings is 1. The SMILES string of the molecule is O=C(OCc1cc(=O)n2ccsc2n1)c1cc2ccccc2nc1N1CCCC1. The van der Waals surface area contributed by atoms with Crippen LogP contribution in [-0.2, 0) is 11.3 Å². The highest BCUT2D eigenvalue weighted by molar-refractivity contribution is 7.15. The standard InChI is InChI=1S/C21H18N4O3S/c26-18-12-15(22-21-25(18)9-10-29-21)13-28-20(27)16-11-14-5-1-2-6-17(14)23-19(16)24-7-3-4-8-24/h1-2,5-6,9-12H,3-4,7-8,13H2. The molecule has 1 aliphatic heterocycles. The van der Waals surface area contributed by atoms with E-state index in [4.69, 9.17) is 9.72 Å². The van der Waals surface area contributed by atoms with E-state index in [0.29, 0.717) is 22.0 Å². The first-order valence-corrected chi connectivity index (χ1v) is 10.3. The molecular weight excluding hydrogens is 388 g/mol. The highest BCUT2D eigenvalue weighted by Crippen LogP contribution is 2.27. The van der Waals surface area contributed by atoms with E-state index in [1.54, 1.807) is 11.6 Å². The van der Waals surface area contributed by atoms with Crippen molar-refractivity contribution in [2.75, 3.05) is 18.0 Å². The maximum Gasteiger partial charge on any atom is 0.342 e. The highest BCUT2D eigenvalue weighted by Gasteiger charge is 2.23. The van der Waals surface area contributed by atoms with E-state index in [9.17, 15) is 9.59 Å². The van der Waals surface area contributed by atoms with Crippen molar-refractivity contribution in [2.45, 2.75) is 19.4 Å². The summed E-state index contributed by atoms with van der Waals surface area (Å²) < 4.78 is 7.00. The van der Waals surface area contributed by atoms with E-state index in [2.05, 4.69) is 9.88 Å². The topological polar surface area (TPSA) is 76.8 Å². The monoisotopic (exact) mass is 406 g/mol. The number of carbonyl (C=O) groups is 1. The number of ether oxygens (including phenoxy) is 1. The van der Waals surface area contributed by atoms with Crippen LogP contribution in [0.3, 0.4) is 0 Å². The van der Waals surface area contributed by atoms with Gasteiger partial charge < -0.3 is 9.64 Å². The minimum atomic E-state index is -0.460. The van der Waals surface area contributed by atoms with Crippen LogP contribution in [0.4, 0.5) is 5.82 Å². The third kappa shape index (κ3) is 3.36. The van der Waals surface area contributed by atoms with Crippen molar-refractivity contribution in [2.24, 2.45) is 0 Å². The van der Waals surface area contributed by atoms with Crippen LogP contribution in [-0.4, -0.2) is 33.4 Å². The zero-order valence-electron chi connectivity index (χ0n) is 15.6. The van der Waals surface area contributed by atoms with Crippen LogP contribution in [0.2, 0.25) is 0 Å². The van der Waals surface area contributed by atoms with Gasteiger partial charge in [-0.1, -0.05) is 18.2 Å². The Labute approximate surface area is 170 Å². The summed E-state index contributed by atoms with van der Waals surface area (Å²) >= 11 is 1.36. The zero-order valence-corrected chi connectivity index (χ0v) is 16.4. The smallest absolute Gasteiger partial charge is 0.342 e. The third-order valence-corrected chi connectivity index (χ3v) is 5.79. The number of rotatable bonds is 4. The lowest BCUT2D eigenvalue weighted by molar-refractivity contribution is 0.0468. The molecule has 0 N–H and O–H groups in total. The molecule has 0 amide bonds. The number of esters is 1. The number of anilines is 1. The van der Waals surface area contributed by atoms with Crippen molar-refractivity contribution in [3.63, 3.8) is 0 Å². The molecule has 29 heavy (non-hydrogen) atoms. The van der Waals surface area contributed by atoms with Crippen molar-refractivity contribution >= 4 is 39.0 Å². The number of benzene rings is 1. The number of fused-ring (bicyclic) bond motifs is 2. The Morgan fingerprint density at radius 2 is 1.97 bits per heavy atom. The number of aromatic nitrogens is 3. The molecule has 4 heterocycles. The fraction of sp³-hybridized carbons (Fsp3) is 0.238. The zero-order chi connectivity index (χ0) is 19.8. The number of thiazole rings is 1. The number of para-hydroxylation sites is 1. The Hall–Kier alpha value is -3.26. The maximum atomic E-state index is 12.9. The average molecular weight is 406 g/mol. The summed E-state index contributed by atoms with van der Waals surface area (Å²) in [5, 5.41) is 2.68. The summed E-state index contributed by atoms with van der Waals surface area (Å²) in [5.41, 5.74) is 1.54. The van der Waals surface area contributed by atoms with Crippen molar-refractivity contribution in [3.8, 4) is 0 Å². The van der Waals surface area contributed by atoms with Gasteiger partial charge in [0.25, 0.3) is 5.56 Å². The van der Waals surface area contributed by atoms with Crippen LogP contribution in [0.25, 0.3) is 15.9 Å². The van der Waals surface area contributed by atoms with E-state index in [1.807, 2.05) is 30.3 Å². The molecule has 0 saturated carbocycles. The molecule has 0 aliphatic carbocycles. The van der Waals surface area contributed by atoms with Gasteiger partial charge in [-0.05, 0) is 25.0 Å². The van der Waals surface area contributed by atoms with Crippen molar-refractivity contribution in [3.05, 3.63) is 69.6 Å². The first-order valence-electron chi connectivity index (χ1n) is 9.47. The van der Waals surface area contributed by atoms with Gasteiger partial charge in [-0.15, -0.1) is 11.3 Å². The van der Waals surface area contributed by atoms with Gasteiger partial charge in [-0.25, -0.2) is 14.8 Å². The summed E-state index contributed by atoms with van der Waals surface area (Å²) in [7, 11) is 0. The molecule has 0 atom stereocenters. The second kappa shape index (κ2) is 7.29. The summed E-state index contributed by atoms with van der Waals surface area (Å²) in [5.74, 6) is 0.200. The highest BCUT2D eigenvalue weighted by atomic mass is 32.1. The molecule has 5 rings (SSSR count). The van der Waals surface area contributed by atoms with Crippen LogP contribution in [0.1, 0.15) is 28.9 Å². The lowest BCUT2D eigenvalue weighted by Crippen LogP contribution is -2.23. The molecule has 0 unspecified atom stereocenters. The van der Waals surface area contributed by atoms with Crippen LogP contribution in [0.5, 0.6) is 0 Å². The Morgan fingerprint density at radius 1 is 1.14 bits per heavy atom. The molecule has 4 aromatic rings. The predicted molar refractivity (Wildman–Crippen MR) is 112 cm³/mol. The van der Waals surface area contributed by atoms with E-state index in [0.717, 1.165) is 36.8 Å². The molecule has 146 valence electrons. The number of hydrogen-bond acceptors (Lipinski definition) is 7. The number of nitrogens with zero attached hydrogens (tertiary/aromatic N) is 4. The second-order valence-electron chi connectivity index (χ2n) is 6.96. The van der Waals surface area contributed by atoms with Crippen LogP contribution >= 0.6 is 11.3 Å². The normalized spacial score (nSPS) is 14.0. The lowest BCUT2D eigenvalue weighted by Gasteiger charge is -2.20. The first-order chi connectivity index (χ1) is 14.2. The third-order valence-electron chi connectivity index (χ3n) is 5.04. The molecule has 0 radical (unpaired) electrons. The molecule has 1 aromatic carbocycles. The lowest BCUT2D eigenvalue weighted by atomic mass is 10.1. The first kappa shape index (κ1) is 17.8. The van der Waals surface area contributed by atoms with Gasteiger partial charge in [0.15, 0.2) is 4.96 Å². The van der Waals surface area contributed by atoms with Gasteiger partial charge in [-0.2, -0.15) is 0 Å². The van der Waals surface area contributed by atoms with Crippen LogP contribution < -0.4 is 10.5 Å². The maximum absolute atomic E-state index is 12.9. The Kier molecular flexibility index (Phi) is 4.48. The van der Waals surface area contributed by atoms with E-state index < -0.39 is 5.97 Å². The summed E-state index contributed by atoms with van der Waals surface area (Å²) in [6.45, 7) is 1.69. The molecule has 8 heteroatoms. The molecule has 1 aliphatic rings. The van der Waals surface area contributed by atoms with Gasteiger partial charge >= 0.3 is 5.97 Å². The number of hydrogen-bond donors (Lipinski definition) is 0. The van der Waals surface area contributed by atoms with E-state index in [1.165, 1.54) is 21.8 Å². The quantitative estimate of drug-likeness (QED) is 0.484. The van der Waals surface area contributed by atoms with Gasteiger partial charge in [0.1, 0.15) is 18.0 Å². The minimum Gasteiger partial charge on any atom is -0.455 e. The van der Waals surface area contributed by atoms with Crippen molar-refractivity contribution < 1.29 is 9.53 Å². The summed E-state index contributed by atoms with van der Waals surface area (Å²) in [6, 6.07) is 11.0. The molecule has 1 fully saturated rings. The Balaban J connectivity index is 1.46. The summed E-state index contributed by atoms with van der Waals surface area (Å²) in [4.78, 5) is 36.9. The molecule has 0 spiro atoms. The van der Waals surface area contributed by atoms with E-state index >= 15 is 0 Å². The molecule has 3 aromatic heterocycles. The average Bonchev–Trinajstić information content (AvgIpc) is 3.43. The fourth-order valence-electron chi connectivity index (χ4n) is 3.60. The van der Waals surface area contributed by atoms with Gasteiger partial charge in [0.2, 0.25) is 0 Å². The van der Waals surface area contributed by atoms with Gasteiger partial charge in [0, 0.05) is 36.1 Å². The molecule has 1 saturated heterocycles. The van der Waals surface area contributed by atoms with Gasteiger partial charge in [0.05, 0.1) is 11.2 Å². The molecular formula is C21H18N4O3S. The van der Waals surface area contributed by atoms with Crippen LogP contribution in [0.15, 0.2) is 52.8 Å².